The predicted molar refractivity (Wildman–Crippen MR) is 62.6 cm³/mol. The molecule has 17 heavy (non-hydrogen) atoms. The van der Waals surface area contributed by atoms with Gasteiger partial charge in [-0.3, -0.25) is 4.79 Å². The van der Waals surface area contributed by atoms with Gasteiger partial charge in [0.1, 0.15) is 5.75 Å². The SMILES string of the molecule is COc1ccc(CN2N=[C]C3CC3C2=O)cc1. The van der Waals surface area contributed by atoms with E-state index in [0.29, 0.717) is 6.54 Å². The first-order valence-electron chi connectivity index (χ1n) is 5.68. The number of carbonyl (C=O) groups excluding carboxylic acids is 1. The van der Waals surface area contributed by atoms with E-state index in [1.807, 2.05) is 24.3 Å². The summed E-state index contributed by atoms with van der Waals surface area (Å²) in [5.74, 6) is 1.38. The fraction of sp³-hybridized carbons (Fsp3) is 0.385. The van der Waals surface area contributed by atoms with Crippen LogP contribution in [0.15, 0.2) is 29.4 Å². The molecule has 87 valence electrons. The van der Waals surface area contributed by atoms with E-state index in [0.717, 1.165) is 17.7 Å². The maximum Gasteiger partial charge on any atom is 0.246 e. The molecule has 1 amide bonds. The van der Waals surface area contributed by atoms with Crippen LogP contribution in [0.25, 0.3) is 0 Å². The molecule has 0 saturated heterocycles. The van der Waals surface area contributed by atoms with Gasteiger partial charge in [-0.2, -0.15) is 5.10 Å². The molecule has 1 aromatic rings. The molecule has 0 aromatic heterocycles. The number of rotatable bonds is 3. The number of hydrazone groups is 1. The van der Waals surface area contributed by atoms with Gasteiger partial charge in [0.15, 0.2) is 0 Å². The molecule has 1 radical (unpaired) electrons. The highest BCUT2D eigenvalue weighted by Crippen LogP contribution is 2.41. The van der Waals surface area contributed by atoms with Crippen molar-refractivity contribution in [3.8, 4) is 5.75 Å². The quantitative estimate of drug-likeness (QED) is 0.788. The largest absolute Gasteiger partial charge is 0.497 e. The number of methoxy groups -OCH3 is 1. The third-order valence-corrected chi connectivity index (χ3v) is 3.20. The standard InChI is InChI=1S/C13H13N2O2/c1-17-11-4-2-9(3-5-11)8-15-13(16)12-6-10(12)7-14-15/h2-5,10,12H,6,8H2,1H3. The van der Waals surface area contributed by atoms with Crippen molar-refractivity contribution in [1.82, 2.24) is 5.01 Å². The highest BCUT2D eigenvalue weighted by atomic mass is 16.5. The summed E-state index contributed by atoms with van der Waals surface area (Å²) in [6.07, 6.45) is 3.90. The third-order valence-electron chi connectivity index (χ3n) is 3.20. The van der Waals surface area contributed by atoms with Crippen LogP contribution in [0.2, 0.25) is 0 Å². The van der Waals surface area contributed by atoms with Gasteiger partial charge >= 0.3 is 0 Å². The first-order valence-corrected chi connectivity index (χ1v) is 5.68. The second-order valence-corrected chi connectivity index (χ2v) is 4.42. The van der Waals surface area contributed by atoms with Crippen molar-refractivity contribution in [1.29, 1.82) is 0 Å². The molecule has 1 aliphatic carbocycles. The summed E-state index contributed by atoms with van der Waals surface area (Å²) in [7, 11) is 1.63. The van der Waals surface area contributed by atoms with Gasteiger partial charge in [-0.1, -0.05) is 12.1 Å². The summed E-state index contributed by atoms with van der Waals surface area (Å²) in [5, 5.41) is 5.58. The first-order chi connectivity index (χ1) is 8.28. The molecule has 1 aromatic carbocycles. The molecule has 0 N–H and O–H groups in total. The van der Waals surface area contributed by atoms with Gasteiger partial charge in [-0.15, -0.1) is 0 Å². The van der Waals surface area contributed by atoms with Gasteiger partial charge in [0.05, 0.1) is 19.9 Å². The van der Waals surface area contributed by atoms with Crippen molar-refractivity contribution >= 4 is 12.1 Å². The molecule has 4 nitrogen and oxygen atoms in total. The van der Waals surface area contributed by atoms with Crippen LogP contribution in [-0.2, 0) is 11.3 Å². The zero-order valence-corrected chi connectivity index (χ0v) is 9.59. The Morgan fingerprint density at radius 2 is 2.24 bits per heavy atom. The molecule has 3 rings (SSSR count). The zero-order valence-electron chi connectivity index (χ0n) is 9.59. The van der Waals surface area contributed by atoms with Crippen LogP contribution in [-0.4, -0.2) is 24.2 Å². The lowest BCUT2D eigenvalue weighted by Gasteiger charge is -2.19. The minimum Gasteiger partial charge on any atom is -0.497 e. The van der Waals surface area contributed by atoms with Gasteiger partial charge in [-0.25, -0.2) is 5.01 Å². The van der Waals surface area contributed by atoms with E-state index in [1.165, 1.54) is 5.01 Å². The van der Waals surface area contributed by atoms with E-state index in [2.05, 4.69) is 11.3 Å². The zero-order chi connectivity index (χ0) is 11.8. The van der Waals surface area contributed by atoms with Crippen LogP contribution in [0, 0.1) is 11.8 Å². The fourth-order valence-electron chi connectivity index (χ4n) is 2.01. The third kappa shape index (κ3) is 1.90. The minimum atomic E-state index is 0.129. The number of carbonyl (C=O) groups is 1. The van der Waals surface area contributed by atoms with E-state index < -0.39 is 0 Å². The highest BCUT2D eigenvalue weighted by Gasteiger charge is 2.47. The van der Waals surface area contributed by atoms with Gasteiger partial charge in [0.25, 0.3) is 0 Å². The molecular weight excluding hydrogens is 216 g/mol. The summed E-state index contributed by atoms with van der Waals surface area (Å²) in [5.41, 5.74) is 1.05. The van der Waals surface area contributed by atoms with Crippen LogP contribution in [0.1, 0.15) is 12.0 Å². The molecule has 1 fully saturated rings. The van der Waals surface area contributed by atoms with Crippen molar-refractivity contribution in [2.75, 3.05) is 7.11 Å². The van der Waals surface area contributed by atoms with Gasteiger partial charge in [0, 0.05) is 11.8 Å². The second-order valence-electron chi connectivity index (χ2n) is 4.42. The van der Waals surface area contributed by atoms with Gasteiger partial charge < -0.3 is 4.74 Å². The molecule has 2 unspecified atom stereocenters. The molecule has 2 atom stereocenters. The Kier molecular flexibility index (Phi) is 2.35. The predicted octanol–water partition coefficient (Wildman–Crippen LogP) is 1.54. The summed E-state index contributed by atoms with van der Waals surface area (Å²) in [6, 6.07) is 7.66. The Balaban J connectivity index is 1.71. The maximum atomic E-state index is 11.9. The molecule has 1 saturated carbocycles. The van der Waals surface area contributed by atoms with Gasteiger partial charge in [0.2, 0.25) is 5.91 Å². The number of hydrogen-bond acceptors (Lipinski definition) is 3. The lowest BCUT2D eigenvalue weighted by atomic mass is 10.2. The number of benzene rings is 1. The Labute approximate surface area is 99.9 Å². The number of hydrogen-bond donors (Lipinski definition) is 0. The summed E-state index contributed by atoms with van der Waals surface area (Å²) in [4.78, 5) is 11.9. The number of nitrogens with zero attached hydrogens (tertiary/aromatic N) is 2. The fourth-order valence-corrected chi connectivity index (χ4v) is 2.01. The summed E-state index contributed by atoms with van der Waals surface area (Å²) in [6.45, 7) is 0.513. The second kappa shape index (κ2) is 3.87. The van der Waals surface area contributed by atoms with E-state index in [9.17, 15) is 4.79 Å². The van der Waals surface area contributed by atoms with Crippen LogP contribution in [0.3, 0.4) is 0 Å². The Morgan fingerprint density at radius 1 is 1.47 bits per heavy atom. The maximum absolute atomic E-state index is 11.9. The van der Waals surface area contributed by atoms with Crippen molar-refractivity contribution in [3.05, 3.63) is 29.8 Å². The molecular formula is C13H13N2O2. The van der Waals surface area contributed by atoms with Crippen LogP contribution in [0.5, 0.6) is 5.75 Å². The Hall–Kier alpha value is -1.84. The average Bonchev–Trinajstić information content (AvgIpc) is 3.14. The van der Waals surface area contributed by atoms with Crippen LogP contribution in [0.4, 0.5) is 0 Å². The average molecular weight is 229 g/mol. The van der Waals surface area contributed by atoms with E-state index in [-0.39, 0.29) is 17.7 Å². The first kappa shape index (κ1) is 10.3. The van der Waals surface area contributed by atoms with E-state index in [1.54, 1.807) is 7.11 Å². The number of amides is 1. The van der Waals surface area contributed by atoms with E-state index in [4.69, 9.17) is 4.74 Å². The monoisotopic (exact) mass is 229 g/mol. The van der Waals surface area contributed by atoms with E-state index >= 15 is 0 Å². The molecule has 4 heteroatoms. The van der Waals surface area contributed by atoms with Crippen molar-refractivity contribution in [3.63, 3.8) is 0 Å². The summed E-state index contributed by atoms with van der Waals surface area (Å²) >= 11 is 0. The Morgan fingerprint density at radius 3 is 2.94 bits per heavy atom. The highest BCUT2D eigenvalue weighted by molar-refractivity contribution is 5.90. The van der Waals surface area contributed by atoms with Crippen LogP contribution >= 0.6 is 0 Å². The van der Waals surface area contributed by atoms with Crippen molar-refractivity contribution in [2.24, 2.45) is 16.9 Å². The Bertz CT molecular complexity index is 467. The van der Waals surface area contributed by atoms with Crippen LogP contribution < -0.4 is 4.74 Å². The number of ether oxygens (including phenoxy) is 1. The molecule has 1 heterocycles. The van der Waals surface area contributed by atoms with Crippen molar-refractivity contribution < 1.29 is 9.53 Å². The molecule has 0 spiro atoms. The molecule has 2 aliphatic rings. The minimum absolute atomic E-state index is 0.129. The normalized spacial score (nSPS) is 25.7. The summed E-state index contributed by atoms with van der Waals surface area (Å²) < 4.78 is 5.09. The smallest absolute Gasteiger partial charge is 0.246 e. The number of fused-ring (bicyclic) bond motifs is 1. The molecule has 1 aliphatic heterocycles. The lowest BCUT2D eigenvalue weighted by Crippen LogP contribution is -2.30. The molecule has 0 bridgehead atoms. The topological polar surface area (TPSA) is 41.9 Å². The van der Waals surface area contributed by atoms with Crippen molar-refractivity contribution in [2.45, 2.75) is 13.0 Å². The lowest BCUT2D eigenvalue weighted by molar-refractivity contribution is -0.133. The van der Waals surface area contributed by atoms with Gasteiger partial charge in [-0.05, 0) is 24.1 Å².